The molecule has 0 spiro atoms. The molecule has 2 atom stereocenters. The summed E-state index contributed by atoms with van der Waals surface area (Å²) in [5.41, 5.74) is 5.45. The van der Waals surface area contributed by atoms with Gasteiger partial charge in [0.25, 0.3) is 0 Å². The molecule has 1 amide bonds. The smallest absolute Gasteiger partial charge is 0.237 e. The second kappa shape index (κ2) is 5.98. The van der Waals surface area contributed by atoms with Crippen LogP contribution in [0.15, 0.2) is 0 Å². The minimum atomic E-state index is -0.00787. The number of nitrogens with two attached hydrogens (primary N) is 1. The molecule has 0 aromatic carbocycles. The lowest BCUT2D eigenvalue weighted by Crippen LogP contribution is -2.48. The van der Waals surface area contributed by atoms with Gasteiger partial charge in [0.15, 0.2) is 0 Å². The summed E-state index contributed by atoms with van der Waals surface area (Å²) >= 11 is 0. The van der Waals surface area contributed by atoms with Crippen molar-refractivity contribution < 1.29 is 4.79 Å². The highest BCUT2D eigenvalue weighted by Gasteiger charge is 2.19. The number of carbonyl (C=O) groups is 1. The SMILES string of the molecule is C[C@H](CN)NC(=O)C1CCCCCN1. The van der Waals surface area contributed by atoms with Crippen LogP contribution in [0.25, 0.3) is 0 Å². The highest BCUT2D eigenvalue weighted by Crippen LogP contribution is 2.08. The zero-order valence-electron chi connectivity index (χ0n) is 8.88. The Morgan fingerprint density at radius 1 is 1.57 bits per heavy atom. The monoisotopic (exact) mass is 199 g/mol. The lowest BCUT2D eigenvalue weighted by molar-refractivity contribution is -0.123. The third kappa shape index (κ3) is 3.64. The molecule has 82 valence electrons. The van der Waals surface area contributed by atoms with Crippen LogP contribution in [0.1, 0.15) is 32.6 Å². The minimum Gasteiger partial charge on any atom is -0.351 e. The Balaban J connectivity index is 2.34. The predicted molar refractivity (Wildman–Crippen MR) is 56.9 cm³/mol. The lowest BCUT2D eigenvalue weighted by Gasteiger charge is -2.18. The topological polar surface area (TPSA) is 67.1 Å². The fourth-order valence-electron chi connectivity index (χ4n) is 1.65. The normalized spacial score (nSPS) is 25.1. The molecular formula is C10H21N3O. The van der Waals surface area contributed by atoms with Gasteiger partial charge in [0.2, 0.25) is 5.91 Å². The molecule has 0 radical (unpaired) electrons. The zero-order valence-corrected chi connectivity index (χ0v) is 8.88. The molecule has 4 heteroatoms. The van der Waals surface area contributed by atoms with E-state index >= 15 is 0 Å². The Morgan fingerprint density at radius 3 is 3.07 bits per heavy atom. The largest absolute Gasteiger partial charge is 0.351 e. The summed E-state index contributed by atoms with van der Waals surface area (Å²) in [5, 5.41) is 6.16. The van der Waals surface area contributed by atoms with Gasteiger partial charge in [0.05, 0.1) is 6.04 Å². The maximum absolute atomic E-state index is 11.7. The average molecular weight is 199 g/mol. The van der Waals surface area contributed by atoms with Crippen molar-refractivity contribution in [1.29, 1.82) is 0 Å². The van der Waals surface area contributed by atoms with Crippen LogP contribution in [0.5, 0.6) is 0 Å². The number of rotatable bonds is 3. The second-order valence-electron chi connectivity index (χ2n) is 4.00. The van der Waals surface area contributed by atoms with Crippen LogP contribution in [0, 0.1) is 0 Å². The van der Waals surface area contributed by atoms with Gasteiger partial charge in [-0.15, -0.1) is 0 Å². The molecule has 1 aliphatic rings. The van der Waals surface area contributed by atoms with Crippen molar-refractivity contribution in [3.05, 3.63) is 0 Å². The molecule has 0 aliphatic carbocycles. The molecular weight excluding hydrogens is 178 g/mol. The van der Waals surface area contributed by atoms with E-state index in [0.29, 0.717) is 6.54 Å². The molecule has 1 heterocycles. The summed E-state index contributed by atoms with van der Waals surface area (Å²) in [6, 6.07) is 0.0686. The van der Waals surface area contributed by atoms with E-state index in [2.05, 4.69) is 10.6 Å². The third-order valence-electron chi connectivity index (χ3n) is 2.62. The van der Waals surface area contributed by atoms with Gasteiger partial charge in [-0.1, -0.05) is 12.8 Å². The number of hydrogen-bond donors (Lipinski definition) is 3. The van der Waals surface area contributed by atoms with Gasteiger partial charge in [-0.05, 0) is 26.3 Å². The van der Waals surface area contributed by atoms with Gasteiger partial charge in [-0.3, -0.25) is 4.79 Å². The molecule has 0 bridgehead atoms. The van der Waals surface area contributed by atoms with Gasteiger partial charge in [0, 0.05) is 12.6 Å². The summed E-state index contributed by atoms with van der Waals surface area (Å²) in [4.78, 5) is 11.7. The average Bonchev–Trinajstić information content (AvgIpc) is 2.45. The van der Waals surface area contributed by atoms with Crippen LogP contribution in [0.4, 0.5) is 0 Å². The highest BCUT2D eigenvalue weighted by molar-refractivity contribution is 5.82. The Hall–Kier alpha value is -0.610. The fourth-order valence-corrected chi connectivity index (χ4v) is 1.65. The van der Waals surface area contributed by atoms with Crippen LogP contribution in [-0.2, 0) is 4.79 Å². The molecule has 1 unspecified atom stereocenters. The van der Waals surface area contributed by atoms with Gasteiger partial charge >= 0.3 is 0 Å². The lowest BCUT2D eigenvalue weighted by atomic mass is 10.1. The summed E-state index contributed by atoms with van der Waals surface area (Å²) in [5.74, 6) is 0.102. The van der Waals surface area contributed by atoms with Crippen LogP contribution >= 0.6 is 0 Å². The third-order valence-corrected chi connectivity index (χ3v) is 2.62. The summed E-state index contributed by atoms with van der Waals surface area (Å²) in [6.07, 6.45) is 4.49. The molecule has 1 fully saturated rings. The van der Waals surface area contributed by atoms with Crippen molar-refractivity contribution in [2.45, 2.75) is 44.7 Å². The predicted octanol–water partition coefficient (Wildman–Crippen LogP) is -0.0180. The molecule has 4 N–H and O–H groups in total. The Labute approximate surface area is 85.6 Å². The van der Waals surface area contributed by atoms with E-state index in [1.165, 1.54) is 12.8 Å². The maximum Gasteiger partial charge on any atom is 0.237 e. The molecule has 1 saturated heterocycles. The fraction of sp³-hybridized carbons (Fsp3) is 0.900. The molecule has 0 saturated carbocycles. The Bertz CT molecular complexity index is 176. The zero-order chi connectivity index (χ0) is 10.4. The van der Waals surface area contributed by atoms with E-state index in [-0.39, 0.29) is 18.0 Å². The van der Waals surface area contributed by atoms with Crippen molar-refractivity contribution in [2.24, 2.45) is 5.73 Å². The standard InChI is InChI=1S/C10H21N3O/c1-8(7-11)13-10(14)9-5-3-2-4-6-12-9/h8-9,12H,2-7,11H2,1H3,(H,13,14)/t8-,9?/m1/s1. The van der Waals surface area contributed by atoms with E-state index in [1.807, 2.05) is 6.92 Å². The quantitative estimate of drug-likeness (QED) is 0.598. The van der Waals surface area contributed by atoms with Crippen molar-refractivity contribution in [1.82, 2.24) is 10.6 Å². The summed E-state index contributed by atoms with van der Waals surface area (Å²) in [7, 11) is 0. The maximum atomic E-state index is 11.7. The van der Waals surface area contributed by atoms with Crippen LogP contribution < -0.4 is 16.4 Å². The number of amides is 1. The Morgan fingerprint density at radius 2 is 2.36 bits per heavy atom. The molecule has 1 rings (SSSR count). The molecule has 14 heavy (non-hydrogen) atoms. The van der Waals surface area contributed by atoms with Crippen LogP contribution in [0.2, 0.25) is 0 Å². The molecule has 0 aromatic rings. The van der Waals surface area contributed by atoms with E-state index in [1.54, 1.807) is 0 Å². The summed E-state index contributed by atoms with van der Waals surface area (Å²) in [6.45, 7) is 3.38. The van der Waals surface area contributed by atoms with E-state index < -0.39 is 0 Å². The van der Waals surface area contributed by atoms with Crippen molar-refractivity contribution >= 4 is 5.91 Å². The van der Waals surface area contributed by atoms with Crippen molar-refractivity contribution in [2.75, 3.05) is 13.1 Å². The molecule has 0 aromatic heterocycles. The van der Waals surface area contributed by atoms with E-state index in [0.717, 1.165) is 19.4 Å². The number of nitrogens with one attached hydrogen (secondary N) is 2. The number of hydrogen-bond acceptors (Lipinski definition) is 3. The van der Waals surface area contributed by atoms with Gasteiger partial charge in [-0.2, -0.15) is 0 Å². The van der Waals surface area contributed by atoms with E-state index in [9.17, 15) is 4.79 Å². The second-order valence-corrected chi connectivity index (χ2v) is 4.00. The van der Waals surface area contributed by atoms with Crippen LogP contribution in [-0.4, -0.2) is 31.1 Å². The van der Waals surface area contributed by atoms with Gasteiger partial charge in [0.1, 0.15) is 0 Å². The summed E-state index contributed by atoms with van der Waals surface area (Å²) < 4.78 is 0. The van der Waals surface area contributed by atoms with Crippen molar-refractivity contribution in [3.63, 3.8) is 0 Å². The van der Waals surface area contributed by atoms with Gasteiger partial charge in [-0.25, -0.2) is 0 Å². The van der Waals surface area contributed by atoms with Crippen molar-refractivity contribution in [3.8, 4) is 0 Å². The minimum absolute atomic E-state index is 0.00787. The first-order chi connectivity index (χ1) is 6.74. The highest BCUT2D eigenvalue weighted by atomic mass is 16.2. The first-order valence-electron chi connectivity index (χ1n) is 5.48. The first-order valence-corrected chi connectivity index (χ1v) is 5.48. The molecule has 4 nitrogen and oxygen atoms in total. The van der Waals surface area contributed by atoms with Crippen LogP contribution in [0.3, 0.4) is 0 Å². The molecule has 1 aliphatic heterocycles. The van der Waals surface area contributed by atoms with E-state index in [4.69, 9.17) is 5.73 Å². The first kappa shape index (κ1) is 11.5. The van der Waals surface area contributed by atoms with Gasteiger partial charge < -0.3 is 16.4 Å². The Kier molecular flexibility index (Phi) is 4.90. The number of carbonyl (C=O) groups excluding carboxylic acids is 1.